The lowest BCUT2D eigenvalue weighted by Crippen LogP contribution is -1.99. The Morgan fingerprint density at radius 3 is 2.80 bits per heavy atom. The summed E-state index contributed by atoms with van der Waals surface area (Å²) in [5, 5.41) is 21.9. The number of rotatable bonds is 4. The predicted molar refractivity (Wildman–Crippen MR) is 94.6 cm³/mol. The highest BCUT2D eigenvalue weighted by atomic mass is 35.5. The Kier molecular flexibility index (Phi) is 3.91. The van der Waals surface area contributed by atoms with E-state index in [1.54, 1.807) is 10.9 Å². The molecule has 4 aromatic rings. The molecular weight excluding hydrogens is 340 g/mol. The highest BCUT2D eigenvalue weighted by Crippen LogP contribution is 2.19. The lowest BCUT2D eigenvalue weighted by molar-refractivity contribution is 0.322. The van der Waals surface area contributed by atoms with Crippen LogP contribution in [-0.4, -0.2) is 36.0 Å². The molecule has 0 radical (unpaired) electrons. The molecule has 124 valence electrons. The summed E-state index contributed by atoms with van der Waals surface area (Å²) in [5.74, 6) is 0. The smallest absolute Gasteiger partial charge is 0.140 e. The SMILES string of the molecule is O/N=C/c1cn(Cc2cn(-c3ccc(Cl)cc3)nn2)c2ncccc12. The third-order valence-corrected chi connectivity index (χ3v) is 4.08. The van der Waals surface area contributed by atoms with Crippen LogP contribution in [0.3, 0.4) is 0 Å². The Bertz CT molecular complexity index is 1050. The van der Waals surface area contributed by atoms with Crippen molar-refractivity contribution in [3.63, 3.8) is 0 Å². The summed E-state index contributed by atoms with van der Waals surface area (Å²) in [6.07, 6.45) is 6.85. The Hall–Kier alpha value is -3.19. The highest BCUT2D eigenvalue weighted by Gasteiger charge is 2.10. The van der Waals surface area contributed by atoms with Crippen LogP contribution in [0.2, 0.25) is 5.02 Å². The average molecular weight is 353 g/mol. The number of hydrogen-bond acceptors (Lipinski definition) is 5. The van der Waals surface area contributed by atoms with Crippen molar-refractivity contribution in [3.8, 4) is 5.69 Å². The summed E-state index contributed by atoms with van der Waals surface area (Å²) < 4.78 is 3.64. The monoisotopic (exact) mass is 352 g/mol. The number of fused-ring (bicyclic) bond motifs is 1. The van der Waals surface area contributed by atoms with Crippen molar-refractivity contribution in [2.45, 2.75) is 6.54 Å². The zero-order valence-corrected chi connectivity index (χ0v) is 13.7. The molecule has 0 aliphatic heterocycles. The second kappa shape index (κ2) is 6.37. The van der Waals surface area contributed by atoms with Gasteiger partial charge in [0.25, 0.3) is 0 Å². The molecule has 0 unspecified atom stereocenters. The second-order valence-corrected chi connectivity index (χ2v) is 5.90. The quantitative estimate of drug-likeness (QED) is 0.347. The minimum absolute atomic E-state index is 0.500. The van der Waals surface area contributed by atoms with E-state index in [-0.39, 0.29) is 0 Å². The van der Waals surface area contributed by atoms with Gasteiger partial charge in [-0.15, -0.1) is 5.10 Å². The van der Waals surface area contributed by atoms with Crippen molar-refractivity contribution in [2.24, 2.45) is 5.16 Å². The van der Waals surface area contributed by atoms with Crippen molar-refractivity contribution in [3.05, 3.63) is 71.3 Å². The zero-order chi connectivity index (χ0) is 17.2. The lowest BCUT2D eigenvalue weighted by atomic mass is 10.2. The first-order valence-electron chi connectivity index (χ1n) is 7.53. The van der Waals surface area contributed by atoms with Gasteiger partial charge in [-0.25, -0.2) is 9.67 Å². The van der Waals surface area contributed by atoms with Gasteiger partial charge < -0.3 is 9.77 Å². The molecule has 1 N–H and O–H groups in total. The summed E-state index contributed by atoms with van der Waals surface area (Å²) in [4.78, 5) is 4.40. The van der Waals surface area contributed by atoms with E-state index in [0.717, 1.165) is 28.0 Å². The van der Waals surface area contributed by atoms with Gasteiger partial charge in [-0.05, 0) is 36.4 Å². The van der Waals surface area contributed by atoms with E-state index in [4.69, 9.17) is 16.8 Å². The Morgan fingerprint density at radius 1 is 1.16 bits per heavy atom. The predicted octanol–water partition coefficient (Wildman–Crippen LogP) is 3.13. The van der Waals surface area contributed by atoms with Crippen LogP contribution in [0, 0.1) is 0 Å². The Labute approximate surface area is 147 Å². The van der Waals surface area contributed by atoms with Gasteiger partial charge in [0.15, 0.2) is 0 Å². The minimum atomic E-state index is 0.500. The van der Waals surface area contributed by atoms with Crippen LogP contribution in [0.5, 0.6) is 0 Å². The van der Waals surface area contributed by atoms with Gasteiger partial charge in [0.05, 0.1) is 24.6 Å². The number of oxime groups is 1. The standard InChI is InChI=1S/C17H13ClN6O/c18-13-3-5-15(6-4-13)24-11-14(21-22-24)10-23-9-12(8-20-25)16-2-1-7-19-17(16)23/h1-9,11,25H,10H2/b20-8+. The fraction of sp³-hybridized carbons (Fsp3) is 0.0588. The topological polar surface area (TPSA) is 81.1 Å². The number of halogens is 1. The van der Waals surface area contributed by atoms with Gasteiger partial charge in [0.1, 0.15) is 11.3 Å². The maximum Gasteiger partial charge on any atom is 0.140 e. The summed E-state index contributed by atoms with van der Waals surface area (Å²) >= 11 is 5.91. The van der Waals surface area contributed by atoms with Crippen molar-refractivity contribution in [1.82, 2.24) is 24.5 Å². The molecule has 0 saturated carbocycles. The fourth-order valence-corrected chi connectivity index (χ4v) is 2.83. The van der Waals surface area contributed by atoms with E-state index in [2.05, 4.69) is 20.5 Å². The summed E-state index contributed by atoms with van der Waals surface area (Å²) in [7, 11) is 0. The van der Waals surface area contributed by atoms with Crippen molar-refractivity contribution in [1.29, 1.82) is 0 Å². The van der Waals surface area contributed by atoms with Gasteiger partial charge in [0.2, 0.25) is 0 Å². The molecule has 4 rings (SSSR count). The van der Waals surface area contributed by atoms with E-state index in [1.165, 1.54) is 6.21 Å². The van der Waals surface area contributed by atoms with Crippen molar-refractivity contribution >= 4 is 28.8 Å². The number of pyridine rings is 1. The van der Waals surface area contributed by atoms with Crippen LogP contribution in [0.25, 0.3) is 16.7 Å². The molecule has 0 atom stereocenters. The summed E-state index contributed by atoms with van der Waals surface area (Å²) in [5.41, 5.74) is 3.24. The molecule has 1 aromatic carbocycles. The van der Waals surface area contributed by atoms with E-state index in [1.807, 2.05) is 53.4 Å². The lowest BCUT2D eigenvalue weighted by Gasteiger charge is -2.01. The first-order chi connectivity index (χ1) is 12.2. The molecule has 7 nitrogen and oxygen atoms in total. The van der Waals surface area contributed by atoms with Crippen LogP contribution in [-0.2, 0) is 6.54 Å². The Morgan fingerprint density at radius 2 is 2.00 bits per heavy atom. The van der Waals surface area contributed by atoms with Crippen molar-refractivity contribution < 1.29 is 5.21 Å². The Balaban J connectivity index is 1.67. The largest absolute Gasteiger partial charge is 0.411 e. The normalized spacial score (nSPS) is 11.6. The molecule has 3 heterocycles. The maximum atomic E-state index is 8.83. The zero-order valence-electron chi connectivity index (χ0n) is 13.0. The van der Waals surface area contributed by atoms with Gasteiger partial charge in [-0.3, -0.25) is 0 Å². The molecule has 0 saturated heterocycles. The second-order valence-electron chi connectivity index (χ2n) is 5.46. The first kappa shape index (κ1) is 15.3. The van der Waals surface area contributed by atoms with E-state index in [0.29, 0.717) is 11.6 Å². The van der Waals surface area contributed by atoms with Crippen LogP contribution in [0.15, 0.2) is 60.1 Å². The molecule has 0 aliphatic rings. The molecule has 0 spiro atoms. The molecule has 0 fully saturated rings. The van der Waals surface area contributed by atoms with Gasteiger partial charge in [0, 0.05) is 28.4 Å². The summed E-state index contributed by atoms with van der Waals surface area (Å²) in [6, 6.07) is 11.1. The molecule has 0 amide bonds. The average Bonchev–Trinajstić information content (AvgIpc) is 3.22. The number of hydrogen-bond donors (Lipinski definition) is 1. The molecular formula is C17H13ClN6O. The first-order valence-corrected chi connectivity index (χ1v) is 7.91. The highest BCUT2D eigenvalue weighted by molar-refractivity contribution is 6.30. The molecule has 8 heteroatoms. The van der Waals surface area contributed by atoms with Gasteiger partial charge in [-0.1, -0.05) is 22.0 Å². The van der Waals surface area contributed by atoms with Crippen molar-refractivity contribution in [2.75, 3.05) is 0 Å². The van der Waals surface area contributed by atoms with E-state index in [9.17, 15) is 0 Å². The number of benzene rings is 1. The maximum absolute atomic E-state index is 8.83. The van der Waals surface area contributed by atoms with E-state index >= 15 is 0 Å². The minimum Gasteiger partial charge on any atom is -0.411 e. The molecule has 0 aliphatic carbocycles. The molecule has 0 bridgehead atoms. The third kappa shape index (κ3) is 2.97. The summed E-state index contributed by atoms with van der Waals surface area (Å²) in [6.45, 7) is 0.500. The van der Waals surface area contributed by atoms with E-state index < -0.39 is 0 Å². The van der Waals surface area contributed by atoms with Crippen LogP contribution >= 0.6 is 11.6 Å². The number of nitrogens with zero attached hydrogens (tertiary/aromatic N) is 6. The van der Waals surface area contributed by atoms with Gasteiger partial charge >= 0.3 is 0 Å². The third-order valence-electron chi connectivity index (χ3n) is 3.83. The van der Waals surface area contributed by atoms with Crippen LogP contribution in [0.1, 0.15) is 11.3 Å². The fourth-order valence-electron chi connectivity index (χ4n) is 2.70. The van der Waals surface area contributed by atoms with Gasteiger partial charge in [-0.2, -0.15) is 0 Å². The molecule has 25 heavy (non-hydrogen) atoms. The van der Waals surface area contributed by atoms with Crippen LogP contribution < -0.4 is 0 Å². The number of aromatic nitrogens is 5. The molecule has 3 aromatic heterocycles. The van der Waals surface area contributed by atoms with Crippen LogP contribution in [0.4, 0.5) is 0 Å².